The first-order valence-electron chi connectivity index (χ1n) is 7.40. The Bertz CT molecular complexity index is 421. The predicted octanol–water partition coefficient (Wildman–Crippen LogP) is 2.07. The molecule has 4 atom stereocenters. The van der Waals surface area contributed by atoms with E-state index in [0.717, 1.165) is 19.3 Å². The van der Waals surface area contributed by atoms with Crippen molar-refractivity contribution in [3.63, 3.8) is 0 Å². The van der Waals surface area contributed by atoms with E-state index in [4.69, 9.17) is 4.74 Å². The third-order valence-corrected chi connectivity index (χ3v) is 6.27. The molecule has 1 fully saturated rings. The van der Waals surface area contributed by atoms with Gasteiger partial charge in [-0.05, 0) is 32.1 Å². The lowest BCUT2D eigenvalue weighted by Gasteiger charge is -2.23. The van der Waals surface area contributed by atoms with Crippen molar-refractivity contribution in [1.82, 2.24) is 4.72 Å². The Kier molecular flexibility index (Phi) is 6.45. The molecule has 1 N–H and O–H groups in total. The summed E-state index contributed by atoms with van der Waals surface area (Å²) >= 11 is 0. The molecule has 0 aliphatic heterocycles. The van der Waals surface area contributed by atoms with Crippen LogP contribution in [0.1, 0.15) is 52.9 Å². The Hall–Kier alpha value is -0.620. The molecule has 0 spiro atoms. The summed E-state index contributed by atoms with van der Waals surface area (Å²) < 4.78 is 32.3. The molecular formula is C14H27NO4S. The Morgan fingerprint density at radius 1 is 1.35 bits per heavy atom. The van der Waals surface area contributed by atoms with Gasteiger partial charge in [-0.2, -0.15) is 0 Å². The molecule has 0 amide bonds. The quantitative estimate of drug-likeness (QED) is 0.731. The predicted molar refractivity (Wildman–Crippen MR) is 78.7 cm³/mol. The molecule has 0 radical (unpaired) electrons. The monoisotopic (exact) mass is 305 g/mol. The largest absolute Gasteiger partial charge is 0.469 e. The number of nitrogens with one attached hydrogen (secondary N) is 1. The van der Waals surface area contributed by atoms with E-state index < -0.39 is 27.2 Å². The van der Waals surface area contributed by atoms with Gasteiger partial charge < -0.3 is 4.74 Å². The lowest BCUT2D eigenvalue weighted by molar-refractivity contribution is -0.145. The number of hydrogen-bond acceptors (Lipinski definition) is 4. The number of rotatable bonds is 7. The molecule has 20 heavy (non-hydrogen) atoms. The van der Waals surface area contributed by atoms with E-state index in [0.29, 0.717) is 18.8 Å². The van der Waals surface area contributed by atoms with Crippen LogP contribution in [-0.4, -0.2) is 32.8 Å². The fraction of sp³-hybridized carbons (Fsp3) is 0.929. The van der Waals surface area contributed by atoms with Crippen LogP contribution in [0.4, 0.5) is 0 Å². The van der Waals surface area contributed by atoms with E-state index in [-0.39, 0.29) is 6.04 Å². The van der Waals surface area contributed by atoms with Crippen molar-refractivity contribution in [2.45, 2.75) is 64.2 Å². The Morgan fingerprint density at radius 3 is 2.55 bits per heavy atom. The summed E-state index contributed by atoms with van der Waals surface area (Å²) in [6.07, 6.45) is 3.72. The molecule has 4 unspecified atom stereocenters. The third-order valence-electron chi connectivity index (χ3n) is 4.17. The molecule has 0 heterocycles. The first kappa shape index (κ1) is 17.4. The molecule has 0 aromatic carbocycles. The number of hydrogen-bond donors (Lipinski definition) is 1. The van der Waals surface area contributed by atoms with Gasteiger partial charge in [-0.1, -0.05) is 26.7 Å². The Labute approximate surface area is 122 Å². The van der Waals surface area contributed by atoms with Gasteiger partial charge in [0.05, 0.1) is 18.3 Å². The van der Waals surface area contributed by atoms with Crippen molar-refractivity contribution >= 4 is 16.0 Å². The molecule has 1 rings (SSSR count). The number of sulfonamides is 1. The summed E-state index contributed by atoms with van der Waals surface area (Å²) in [5, 5.41) is -0.644. The number of esters is 1. The van der Waals surface area contributed by atoms with E-state index in [1.807, 2.05) is 6.92 Å². The van der Waals surface area contributed by atoms with E-state index in [1.54, 1.807) is 0 Å². The number of methoxy groups -OCH3 is 1. The summed E-state index contributed by atoms with van der Waals surface area (Å²) in [5.41, 5.74) is 0. The second kappa shape index (κ2) is 7.41. The maximum atomic E-state index is 12.4. The summed E-state index contributed by atoms with van der Waals surface area (Å²) in [7, 11) is -2.16. The topological polar surface area (TPSA) is 72.5 Å². The average Bonchev–Trinajstić information content (AvgIpc) is 2.86. The zero-order valence-electron chi connectivity index (χ0n) is 12.9. The van der Waals surface area contributed by atoms with Gasteiger partial charge in [0.2, 0.25) is 10.0 Å². The highest BCUT2D eigenvalue weighted by Crippen LogP contribution is 2.32. The SMILES string of the molecule is CCC(C)CC(C)NS(=O)(=O)C1CCCC1C(=O)OC. The fourth-order valence-electron chi connectivity index (χ4n) is 2.90. The Morgan fingerprint density at radius 2 is 2.00 bits per heavy atom. The van der Waals surface area contributed by atoms with Crippen LogP contribution in [0.15, 0.2) is 0 Å². The summed E-state index contributed by atoms with van der Waals surface area (Å²) in [5.74, 6) is -0.451. The fourth-order valence-corrected chi connectivity index (χ4v) is 4.89. The van der Waals surface area contributed by atoms with E-state index in [2.05, 4.69) is 18.6 Å². The van der Waals surface area contributed by atoms with Gasteiger partial charge in [0, 0.05) is 6.04 Å². The zero-order valence-corrected chi connectivity index (χ0v) is 13.7. The minimum atomic E-state index is -3.47. The highest BCUT2D eigenvalue weighted by molar-refractivity contribution is 7.90. The van der Waals surface area contributed by atoms with Gasteiger partial charge in [0.15, 0.2) is 0 Å². The van der Waals surface area contributed by atoms with Crippen LogP contribution >= 0.6 is 0 Å². The van der Waals surface area contributed by atoms with Crippen molar-refractivity contribution < 1.29 is 17.9 Å². The first-order chi connectivity index (χ1) is 9.31. The van der Waals surface area contributed by atoms with Gasteiger partial charge >= 0.3 is 5.97 Å². The van der Waals surface area contributed by atoms with Gasteiger partial charge in [0.25, 0.3) is 0 Å². The molecule has 0 aromatic rings. The van der Waals surface area contributed by atoms with Crippen molar-refractivity contribution in [3.05, 3.63) is 0 Å². The smallest absolute Gasteiger partial charge is 0.310 e. The van der Waals surface area contributed by atoms with Crippen LogP contribution in [0.3, 0.4) is 0 Å². The minimum Gasteiger partial charge on any atom is -0.469 e. The highest BCUT2D eigenvalue weighted by Gasteiger charge is 2.42. The average molecular weight is 305 g/mol. The number of ether oxygens (including phenoxy) is 1. The lowest BCUT2D eigenvalue weighted by atomic mass is 10.0. The van der Waals surface area contributed by atoms with E-state index in [1.165, 1.54) is 7.11 Å². The molecule has 0 bridgehead atoms. The second-order valence-corrected chi connectivity index (χ2v) is 7.84. The summed E-state index contributed by atoms with van der Waals surface area (Å²) in [4.78, 5) is 11.7. The summed E-state index contributed by atoms with van der Waals surface area (Å²) in [6.45, 7) is 6.08. The lowest BCUT2D eigenvalue weighted by Crippen LogP contribution is -2.43. The highest BCUT2D eigenvalue weighted by atomic mass is 32.2. The number of carbonyl (C=O) groups excluding carboxylic acids is 1. The van der Waals surface area contributed by atoms with Gasteiger partial charge in [-0.3, -0.25) is 4.79 Å². The van der Waals surface area contributed by atoms with E-state index in [9.17, 15) is 13.2 Å². The van der Waals surface area contributed by atoms with Crippen molar-refractivity contribution in [3.8, 4) is 0 Å². The normalized spacial score (nSPS) is 26.2. The van der Waals surface area contributed by atoms with Crippen LogP contribution < -0.4 is 4.72 Å². The van der Waals surface area contributed by atoms with Crippen molar-refractivity contribution in [1.29, 1.82) is 0 Å². The molecule has 1 saturated carbocycles. The van der Waals surface area contributed by atoms with Crippen LogP contribution in [0.2, 0.25) is 0 Å². The zero-order chi connectivity index (χ0) is 15.3. The molecule has 0 saturated heterocycles. The maximum Gasteiger partial charge on any atom is 0.310 e. The minimum absolute atomic E-state index is 0.103. The molecule has 1 aliphatic rings. The number of carbonyl (C=O) groups is 1. The molecule has 5 nitrogen and oxygen atoms in total. The van der Waals surface area contributed by atoms with Gasteiger partial charge in [-0.15, -0.1) is 0 Å². The van der Waals surface area contributed by atoms with Crippen LogP contribution in [-0.2, 0) is 19.6 Å². The van der Waals surface area contributed by atoms with Gasteiger partial charge in [-0.25, -0.2) is 13.1 Å². The molecule has 1 aliphatic carbocycles. The van der Waals surface area contributed by atoms with Gasteiger partial charge in [0.1, 0.15) is 0 Å². The van der Waals surface area contributed by atoms with E-state index >= 15 is 0 Å². The van der Waals surface area contributed by atoms with Crippen molar-refractivity contribution in [2.75, 3.05) is 7.11 Å². The van der Waals surface area contributed by atoms with Crippen molar-refractivity contribution in [2.24, 2.45) is 11.8 Å². The Balaban J connectivity index is 2.70. The van der Waals surface area contributed by atoms with Crippen LogP contribution in [0, 0.1) is 11.8 Å². The van der Waals surface area contributed by atoms with Crippen LogP contribution in [0.5, 0.6) is 0 Å². The van der Waals surface area contributed by atoms with Crippen LogP contribution in [0.25, 0.3) is 0 Å². The standard InChI is InChI=1S/C14H27NO4S/c1-5-10(2)9-11(3)15-20(17,18)13-8-6-7-12(13)14(16)19-4/h10-13,15H,5-9H2,1-4H3. The second-order valence-electron chi connectivity index (χ2n) is 5.91. The molecule has 0 aromatic heterocycles. The maximum absolute atomic E-state index is 12.4. The molecular weight excluding hydrogens is 278 g/mol. The first-order valence-corrected chi connectivity index (χ1v) is 8.95. The molecule has 6 heteroatoms. The molecule has 118 valence electrons. The summed E-state index contributed by atoms with van der Waals surface area (Å²) in [6, 6.07) is -0.103. The third kappa shape index (κ3) is 4.45.